The first-order chi connectivity index (χ1) is 9.31. The van der Waals surface area contributed by atoms with Crippen LogP contribution in [0, 0.1) is 0 Å². The largest absolute Gasteiger partial charge is 0.482 e. The molecule has 5 heteroatoms. The van der Waals surface area contributed by atoms with Crippen LogP contribution < -0.4 is 10.1 Å². The van der Waals surface area contributed by atoms with E-state index in [1.165, 1.54) is 0 Å². The minimum atomic E-state index is -0.122. The summed E-state index contributed by atoms with van der Waals surface area (Å²) in [5.41, 5.74) is 0.912. The van der Waals surface area contributed by atoms with Gasteiger partial charge in [0, 0.05) is 25.5 Å². The predicted octanol–water partition coefficient (Wildman–Crippen LogP) is 2.65. The summed E-state index contributed by atoms with van der Waals surface area (Å²) in [6, 6.07) is 11.1. The molecule has 0 saturated heterocycles. The van der Waals surface area contributed by atoms with E-state index in [0.29, 0.717) is 23.4 Å². The molecular formula is C14H15BrN2O2. The summed E-state index contributed by atoms with van der Waals surface area (Å²) in [5, 5.41) is 2.88. The molecule has 1 N–H and O–H groups in total. The number of benzene rings is 1. The number of carbonyl (C=O) groups is 1. The van der Waals surface area contributed by atoms with Gasteiger partial charge in [-0.25, -0.2) is 0 Å². The van der Waals surface area contributed by atoms with Crippen LogP contribution in [-0.2, 0) is 6.54 Å². The van der Waals surface area contributed by atoms with E-state index in [2.05, 4.69) is 21.2 Å². The molecule has 0 aliphatic heterocycles. The van der Waals surface area contributed by atoms with E-state index in [0.717, 1.165) is 6.54 Å². The van der Waals surface area contributed by atoms with Crippen molar-refractivity contribution in [2.45, 2.75) is 6.54 Å². The van der Waals surface area contributed by atoms with Crippen molar-refractivity contribution < 1.29 is 9.53 Å². The zero-order chi connectivity index (χ0) is 13.5. The predicted molar refractivity (Wildman–Crippen MR) is 77.6 cm³/mol. The fourth-order valence-electron chi connectivity index (χ4n) is 1.75. The van der Waals surface area contributed by atoms with Gasteiger partial charge >= 0.3 is 0 Å². The molecule has 0 aliphatic carbocycles. The Morgan fingerprint density at radius 1 is 1.21 bits per heavy atom. The molecule has 0 radical (unpaired) electrons. The monoisotopic (exact) mass is 322 g/mol. The van der Waals surface area contributed by atoms with Gasteiger partial charge in [0.1, 0.15) is 11.3 Å². The lowest BCUT2D eigenvalue weighted by Gasteiger charge is -2.10. The van der Waals surface area contributed by atoms with Crippen molar-refractivity contribution in [3.05, 3.63) is 54.4 Å². The Bertz CT molecular complexity index is 526. The minimum absolute atomic E-state index is 0.122. The van der Waals surface area contributed by atoms with Gasteiger partial charge in [0.25, 0.3) is 5.91 Å². The van der Waals surface area contributed by atoms with E-state index < -0.39 is 0 Å². The first-order valence-electron chi connectivity index (χ1n) is 5.98. The standard InChI is InChI=1S/C14H15BrN2O2/c15-11-19-13-6-2-1-5-12(13)14(18)16-7-10-17-8-3-4-9-17/h1-6,8-9H,7,10-11H2,(H,16,18). The maximum absolute atomic E-state index is 12.1. The zero-order valence-corrected chi connectivity index (χ0v) is 12.0. The Morgan fingerprint density at radius 3 is 2.68 bits per heavy atom. The molecule has 2 rings (SSSR count). The van der Waals surface area contributed by atoms with E-state index in [-0.39, 0.29) is 5.91 Å². The molecule has 0 saturated carbocycles. The molecule has 2 aromatic rings. The summed E-state index contributed by atoms with van der Waals surface area (Å²) in [7, 11) is 0. The van der Waals surface area contributed by atoms with Crippen LogP contribution in [0.15, 0.2) is 48.8 Å². The second-order valence-corrected chi connectivity index (χ2v) is 4.38. The Morgan fingerprint density at radius 2 is 1.95 bits per heavy atom. The highest BCUT2D eigenvalue weighted by molar-refractivity contribution is 9.09. The molecule has 1 heterocycles. The number of aromatic nitrogens is 1. The van der Waals surface area contributed by atoms with Crippen LogP contribution in [0.4, 0.5) is 0 Å². The number of nitrogens with zero attached hydrogens (tertiary/aromatic N) is 1. The van der Waals surface area contributed by atoms with Gasteiger partial charge in [0.05, 0.1) is 5.56 Å². The maximum Gasteiger partial charge on any atom is 0.255 e. The van der Waals surface area contributed by atoms with Crippen LogP contribution in [0.2, 0.25) is 0 Å². The van der Waals surface area contributed by atoms with Crippen molar-refractivity contribution in [3.63, 3.8) is 0 Å². The van der Waals surface area contributed by atoms with Crippen molar-refractivity contribution in [1.29, 1.82) is 0 Å². The average Bonchev–Trinajstić information content (AvgIpc) is 2.93. The van der Waals surface area contributed by atoms with Gasteiger partial charge in [-0.3, -0.25) is 4.79 Å². The molecule has 1 aromatic carbocycles. The number of rotatable bonds is 6. The molecule has 0 fully saturated rings. The lowest BCUT2D eigenvalue weighted by molar-refractivity contribution is 0.0949. The maximum atomic E-state index is 12.1. The molecule has 0 bridgehead atoms. The number of hydrogen-bond acceptors (Lipinski definition) is 2. The molecule has 1 aromatic heterocycles. The van der Waals surface area contributed by atoms with Crippen molar-refractivity contribution >= 4 is 21.8 Å². The Balaban J connectivity index is 1.92. The summed E-state index contributed by atoms with van der Waals surface area (Å²) in [4.78, 5) is 12.1. The van der Waals surface area contributed by atoms with Crippen LogP contribution in [-0.4, -0.2) is 22.5 Å². The SMILES string of the molecule is O=C(NCCn1cccc1)c1ccccc1OCBr. The summed E-state index contributed by atoms with van der Waals surface area (Å²) < 4.78 is 7.38. The van der Waals surface area contributed by atoms with Gasteiger partial charge in [-0.15, -0.1) is 0 Å². The number of carbonyl (C=O) groups excluding carboxylic acids is 1. The third-order valence-corrected chi connectivity index (χ3v) is 2.89. The normalized spacial score (nSPS) is 10.2. The number of halogens is 1. The van der Waals surface area contributed by atoms with Crippen LogP contribution in [0.25, 0.3) is 0 Å². The number of ether oxygens (including phenoxy) is 1. The molecule has 0 unspecified atom stereocenters. The highest BCUT2D eigenvalue weighted by atomic mass is 79.9. The van der Waals surface area contributed by atoms with Gasteiger partial charge in [-0.05, 0) is 40.2 Å². The van der Waals surface area contributed by atoms with Crippen LogP contribution in [0.5, 0.6) is 5.75 Å². The molecule has 0 atom stereocenters. The Hall–Kier alpha value is -1.75. The van der Waals surface area contributed by atoms with E-state index >= 15 is 0 Å². The van der Waals surface area contributed by atoms with Crippen LogP contribution in [0.3, 0.4) is 0 Å². The topological polar surface area (TPSA) is 43.3 Å². The highest BCUT2D eigenvalue weighted by Crippen LogP contribution is 2.18. The molecule has 19 heavy (non-hydrogen) atoms. The summed E-state index contributed by atoms with van der Waals surface area (Å²) in [6.45, 7) is 1.33. The average molecular weight is 323 g/mol. The Labute approximate surface area is 120 Å². The third kappa shape index (κ3) is 3.86. The van der Waals surface area contributed by atoms with Gasteiger partial charge in [-0.2, -0.15) is 0 Å². The van der Waals surface area contributed by atoms with Crippen LogP contribution >= 0.6 is 15.9 Å². The molecule has 0 aliphatic rings. The first kappa shape index (κ1) is 13.7. The lowest BCUT2D eigenvalue weighted by atomic mass is 10.2. The van der Waals surface area contributed by atoms with E-state index in [9.17, 15) is 4.79 Å². The van der Waals surface area contributed by atoms with E-state index in [1.807, 2.05) is 41.2 Å². The number of nitrogens with one attached hydrogen (secondary N) is 1. The highest BCUT2D eigenvalue weighted by Gasteiger charge is 2.10. The van der Waals surface area contributed by atoms with Gasteiger partial charge < -0.3 is 14.6 Å². The molecule has 4 nitrogen and oxygen atoms in total. The first-order valence-corrected chi connectivity index (χ1v) is 7.10. The van der Waals surface area contributed by atoms with Crippen molar-refractivity contribution in [2.75, 3.05) is 12.1 Å². The van der Waals surface area contributed by atoms with E-state index in [1.54, 1.807) is 12.1 Å². The fourth-order valence-corrected chi connectivity index (χ4v) is 2.00. The fraction of sp³-hybridized carbons (Fsp3) is 0.214. The van der Waals surface area contributed by atoms with Crippen LogP contribution in [0.1, 0.15) is 10.4 Å². The molecular weight excluding hydrogens is 308 g/mol. The molecule has 100 valence electrons. The Kier molecular flexibility index (Phi) is 5.03. The van der Waals surface area contributed by atoms with Crippen molar-refractivity contribution in [1.82, 2.24) is 9.88 Å². The minimum Gasteiger partial charge on any atom is -0.482 e. The summed E-state index contributed by atoms with van der Waals surface area (Å²) in [6.07, 6.45) is 3.93. The number of hydrogen-bond donors (Lipinski definition) is 1. The van der Waals surface area contributed by atoms with Crippen molar-refractivity contribution in [3.8, 4) is 5.75 Å². The third-order valence-electron chi connectivity index (χ3n) is 2.66. The lowest BCUT2D eigenvalue weighted by Crippen LogP contribution is -2.27. The zero-order valence-electron chi connectivity index (χ0n) is 10.4. The summed E-state index contributed by atoms with van der Waals surface area (Å²) >= 11 is 3.19. The number of amides is 1. The number of para-hydroxylation sites is 1. The second-order valence-electron chi connectivity index (χ2n) is 3.93. The quantitative estimate of drug-likeness (QED) is 0.831. The molecule has 1 amide bonds. The van der Waals surface area contributed by atoms with Gasteiger partial charge in [-0.1, -0.05) is 12.1 Å². The second kappa shape index (κ2) is 6.99. The number of alkyl halides is 1. The molecule has 0 spiro atoms. The van der Waals surface area contributed by atoms with Gasteiger partial charge in [0.2, 0.25) is 0 Å². The van der Waals surface area contributed by atoms with E-state index in [4.69, 9.17) is 4.74 Å². The summed E-state index contributed by atoms with van der Waals surface area (Å²) in [5.74, 6) is 0.460. The smallest absolute Gasteiger partial charge is 0.255 e. The van der Waals surface area contributed by atoms with Crippen molar-refractivity contribution in [2.24, 2.45) is 0 Å². The van der Waals surface area contributed by atoms with Gasteiger partial charge in [0.15, 0.2) is 0 Å².